The average Bonchev–Trinajstić information content (AvgIpc) is 2.45. The number of hydrogen-bond acceptors (Lipinski definition) is 2. The molecule has 3 rings (SSSR count). The maximum atomic E-state index is 13.4. The number of benzene rings is 3. The van der Waals surface area contributed by atoms with Crippen LogP contribution in [0.2, 0.25) is 0 Å². The first kappa shape index (κ1) is 13.9. The molecular weight excluding hydrogens is 333 g/mol. The van der Waals surface area contributed by atoms with E-state index in [9.17, 15) is 4.39 Å². The van der Waals surface area contributed by atoms with Gasteiger partial charge in [0.1, 0.15) is 11.6 Å². The summed E-state index contributed by atoms with van der Waals surface area (Å²) in [4.78, 5) is 0. The van der Waals surface area contributed by atoms with Crippen LogP contribution in [0.15, 0.2) is 53.0 Å². The Morgan fingerprint density at radius 3 is 2.52 bits per heavy atom. The van der Waals surface area contributed by atoms with Crippen LogP contribution < -0.4 is 10.5 Å². The molecule has 0 aliphatic carbocycles. The van der Waals surface area contributed by atoms with Gasteiger partial charge in [-0.15, -0.1) is 0 Å². The number of anilines is 1. The van der Waals surface area contributed by atoms with E-state index in [1.807, 2.05) is 36.4 Å². The van der Waals surface area contributed by atoms with Crippen molar-refractivity contribution in [1.29, 1.82) is 0 Å². The lowest BCUT2D eigenvalue weighted by atomic mass is 10.1. The van der Waals surface area contributed by atoms with E-state index in [-0.39, 0.29) is 11.5 Å². The van der Waals surface area contributed by atoms with Crippen molar-refractivity contribution in [3.63, 3.8) is 0 Å². The van der Waals surface area contributed by atoms with Crippen molar-refractivity contribution < 1.29 is 9.13 Å². The van der Waals surface area contributed by atoms with Gasteiger partial charge < -0.3 is 10.5 Å². The van der Waals surface area contributed by atoms with E-state index in [1.165, 1.54) is 6.07 Å². The van der Waals surface area contributed by atoms with Gasteiger partial charge in [-0.3, -0.25) is 0 Å². The molecule has 0 amide bonds. The van der Waals surface area contributed by atoms with Crippen molar-refractivity contribution in [1.82, 2.24) is 0 Å². The molecule has 21 heavy (non-hydrogen) atoms. The van der Waals surface area contributed by atoms with Gasteiger partial charge in [0, 0.05) is 10.5 Å². The molecule has 3 aromatic rings. The Balaban J connectivity index is 1.98. The highest BCUT2D eigenvalue weighted by Crippen LogP contribution is 2.32. The molecule has 2 N–H and O–H groups in total. The molecule has 4 heteroatoms. The summed E-state index contributed by atoms with van der Waals surface area (Å²) in [6.07, 6.45) is 0. The highest BCUT2D eigenvalue weighted by Gasteiger charge is 2.07. The van der Waals surface area contributed by atoms with E-state index in [1.54, 1.807) is 13.0 Å². The van der Waals surface area contributed by atoms with Gasteiger partial charge in [-0.05, 0) is 53.6 Å². The van der Waals surface area contributed by atoms with Crippen molar-refractivity contribution in [2.24, 2.45) is 0 Å². The summed E-state index contributed by atoms with van der Waals surface area (Å²) < 4.78 is 20.2. The zero-order valence-electron chi connectivity index (χ0n) is 11.4. The summed E-state index contributed by atoms with van der Waals surface area (Å²) in [7, 11) is 0. The van der Waals surface area contributed by atoms with Gasteiger partial charge in [-0.25, -0.2) is 4.39 Å². The third kappa shape index (κ3) is 2.85. The predicted octanol–water partition coefficient (Wildman–Crippen LogP) is 5.42. The quantitative estimate of drug-likeness (QED) is 0.629. The lowest BCUT2D eigenvalue weighted by Crippen LogP contribution is -1.95. The fraction of sp³-hybridized carbons (Fsp3) is 0.0588. The number of nitrogen functional groups attached to an aromatic ring is 1. The van der Waals surface area contributed by atoms with E-state index in [2.05, 4.69) is 15.9 Å². The fourth-order valence-electron chi connectivity index (χ4n) is 2.14. The number of halogens is 2. The molecule has 0 saturated heterocycles. The van der Waals surface area contributed by atoms with Crippen molar-refractivity contribution in [3.8, 4) is 11.5 Å². The number of hydrogen-bond donors (Lipinski definition) is 1. The van der Waals surface area contributed by atoms with Gasteiger partial charge in [-0.1, -0.05) is 28.1 Å². The minimum absolute atomic E-state index is 0.286. The molecule has 0 unspecified atom stereocenters. The summed E-state index contributed by atoms with van der Waals surface area (Å²) in [5, 5.41) is 2.17. The van der Waals surface area contributed by atoms with Crippen molar-refractivity contribution in [2.45, 2.75) is 6.92 Å². The van der Waals surface area contributed by atoms with Crippen LogP contribution in [0.5, 0.6) is 11.5 Å². The Hall–Kier alpha value is -2.07. The number of rotatable bonds is 2. The lowest BCUT2D eigenvalue weighted by Gasteiger charge is -2.11. The highest BCUT2D eigenvalue weighted by molar-refractivity contribution is 9.10. The van der Waals surface area contributed by atoms with Crippen LogP contribution in [0, 0.1) is 12.7 Å². The van der Waals surface area contributed by atoms with E-state index in [0.717, 1.165) is 15.2 Å². The van der Waals surface area contributed by atoms with Gasteiger partial charge in [0.2, 0.25) is 0 Å². The fourth-order valence-corrected chi connectivity index (χ4v) is 2.52. The first-order valence-corrected chi connectivity index (χ1v) is 7.25. The Morgan fingerprint density at radius 1 is 1.00 bits per heavy atom. The van der Waals surface area contributed by atoms with Crippen molar-refractivity contribution in [2.75, 3.05) is 5.73 Å². The maximum absolute atomic E-state index is 13.4. The number of aryl methyl sites for hydroxylation is 1. The monoisotopic (exact) mass is 345 g/mol. The van der Waals surface area contributed by atoms with Gasteiger partial charge in [-0.2, -0.15) is 0 Å². The molecule has 2 nitrogen and oxygen atoms in total. The van der Waals surface area contributed by atoms with Crippen LogP contribution in [-0.4, -0.2) is 0 Å². The maximum Gasteiger partial charge on any atom is 0.150 e. The number of ether oxygens (including phenoxy) is 1. The first-order chi connectivity index (χ1) is 10.0. The molecule has 0 spiro atoms. The molecule has 0 radical (unpaired) electrons. The van der Waals surface area contributed by atoms with Crippen LogP contribution in [0.4, 0.5) is 10.1 Å². The second-order valence-electron chi connectivity index (χ2n) is 4.89. The molecule has 0 bridgehead atoms. The largest absolute Gasteiger partial charge is 0.455 e. The summed E-state index contributed by atoms with van der Waals surface area (Å²) in [5.74, 6) is 0.802. The van der Waals surface area contributed by atoms with E-state index >= 15 is 0 Å². The normalized spacial score (nSPS) is 10.8. The second kappa shape index (κ2) is 5.37. The molecule has 0 atom stereocenters. The summed E-state index contributed by atoms with van der Waals surface area (Å²) in [5.41, 5.74) is 6.59. The molecule has 106 valence electrons. The van der Waals surface area contributed by atoms with Crippen LogP contribution >= 0.6 is 15.9 Å². The van der Waals surface area contributed by atoms with Crippen molar-refractivity contribution in [3.05, 3.63) is 64.4 Å². The van der Waals surface area contributed by atoms with E-state index in [0.29, 0.717) is 17.1 Å². The zero-order valence-corrected chi connectivity index (χ0v) is 12.9. The van der Waals surface area contributed by atoms with E-state index < -0.39 is 0 Å². The molecule has 0 saturated carbocycles. The Labute approximate surface area is 130 Å². The summed E-state index contributed by atoms with van der Waals surface area (Å²) >= 11 is 3.45. The van der Waals surface area contributed by atoms with Gasteiger partial charge >= 0.3 is 0 Å². The minimum Gasteiger partial charge on any atom is -0.455 e. The molecule has 0 aliphatic heterocycles. The van der Waals surface area contributed by atoms with E-state index in [4.69, 9.17) is 10.5 Å². The highest BCUT2D eigenvalue weighted by atomic mass is 79.9. The third-order valence-electron chi connectivity index (χ3n) is 3.29. The van der Waals surface area contributed by atoms with Gasteiger partial charge in [0.15, 0.2) is 5.75 Å². The van der Waals surface area contributed by atoms with Crippen LogP contribution in [0.1, 0.15) is 5.56 Å². The van der Waals surface area contributed by atoms with Gasteiger partial charge in [0.25, 0.3) is 0 Å². The third-order valence-corrected chi connectivity index (χ3v) is 3.79. The zero-order chi connectivity index (χ0) is 15.0. The number of nitrogens with two attached hydrogens (primary N) is 1. The lowest BCUT2D eigenvalue weighted by molar-refractivity contribution is 0.483. The standard InChI is InChI=1S/C17H13BrFNO/c1-10-6-17(16(20)9-15(10)19)21-14-5-3-11-7-13(18)4-2-12(11)8-14/h2-9H,20H2,1H3. The topological polar surface area (TPSA) is 35.2 Å². The Bertz CT molecular complexity index is 832. The Kier molecular flexibility index (Phi) is 3.55. The van der Waals surface area contributed by atoms with Gasteiger partial charge in [0.05, 0.1) is 5.69 Å². The molecule has 0 fully saturated rings. The Morgan fingerprint density at radius 2 is 1.71 bits per heavy atom. The van der Waals surface area contributed by atoms with Crippen molar-refractivity contribution >= 4 is 32.4 Å². The van der Waals surface area contributed by atoms with Crippen LogP contribution in [-0.2, 0) is 0 Å². The van der Waals surface area contributed by atoms with Crippen LogP contribution in [0.25, 0.3) is 10.8 Å². The SMILES string of the molecule is Cc1cc(Oc2ccc3cc(Br)ccc3c2)c(N)cc1F. The van der Waals surface area contributed by atoms with Crippen LogP contribution in [0.3, 0.4) is 0 Å². The predicted molar refractivity (Wildman–Crippen MR) is 87.3 cm³/mol. The molecule has 3 aromatic carbocycles. The summed E-state index contributed by atoms with van der Waals surface area (Å²) in [6, 6.07) is 14.7. The number of fused-ring (bicyclic) bond motifs is 1. The molecule has 0 aromatic heterocycles. The smallest absolute Gasteiger partial charge is 0.150 e. The molecular formula is C17H13BrFNO. The summed E-state index contributed by atoms with van der Waals surface area (Å²) in [6.45, 7) is 1.68. The average molecular weight is 346 g/mol. The minimum atomic E-state index is -0.330. The molecule has 0 heterocycles. The first-order valence-electron chi connectivity index (χ1n) is 6.46. The molecule has 0 aliphatic rings. The second-order valence-corrected chi connectivity index (χ2v) is 5.81.